The first-order valence-electron chi connectivity index (χ1n) is 7.07. The van der Waals surface area contributed by atoms with E-state index in [9.17, 15) is 9.59 Å². The standard InChI is InChI=1S/C16H17Cl2N3O2/c1-9-4-5-12(6-10(9)2)11(3)20-14(22)8-21-16(23)15(18)13(17)7-19-21/h4-7,11H,8H2,1-3H3,(H,20,22)/t11-/m1/s1. The first-order chi connectivity index (χ1) is 10.8. The summed E-state index contributed by atoms with van der Waals surface area (Å²) in [5.74, 6) is -0.330. The van der Waals surface area contributed by atoms with E-state index in [0.29, 0.717) is 0 Å². The molecule has 0 bridgehead atoms. The van der Waals surface area contributed by atoms with Crippen molar-refractivity contribution in [2.75, 3.05) is 0 Å². The van der Waals surface area contributed by atoms with E-state index in [0.717, 1.165) is 15.8 Å². The van der Waals surface area contributed by atoms with Gasteiger partial charge in [-0.1, -0.05) is 41.4 Å². The van der Waals surface area contributed by atoms with Crippen LogP contribution in [-0.4, -0.2) is 15.7 Å². The fraction of sp³-hybridized carbons (Fsp3) is 0.312. The van der Waals surface area contributed by atoms with Gasteiger partial charge in [0.2, 0.25) is 5.91 Å². The van der Waals surface area contributed by atoms with Crippen LogP contribution < -0.4 is 10.9 Å². The SMILES string of the molecule is Cc1ccc([C@@H](C)NC(=O)Cn2ncc(Cl)c(Cl)c2=O)cc1C. The number of nitrogens with one attached hydrogen (secondary N) is 1. The van der Waals surface area contributed by atoms with Crippen molar-refractivity contribution in [1.29, 1.82) is 0 Å². The lowest BCUT2D eigenvalue weighted by atomic mass is 10.0. The van der Waals surface area contributed by atoms with Gasteiger partial charge in [-0.25, -0.2) is 4.68 Å². The Kier molecular flexibility index (Phi) is 5.44. The quantitative estimate of drug-likeness (QED) is 0.918. The van der Waals surface area contributed by atoms with Crippen molar-refractivity contribution in [3.63, 3.8) is 0 Å². The minimum atomic E-state index is -0.590. The molecule has 1 N–H and O–H groups in total. The van der Waals surface area contributed by atoms with Gasteiger partial charge < -0.3 is 5.32 Å². The van der Waals surface area contributed by atoms with Crippen LogP contribution in [0.25, 0.3) is 0 Å². The Balaban J connectivity index is 2.09. The van der Waals surface area contributed by atoms with E-state index in [2.05, 4.69) is 10.4 Å². The number of rotatable bonds is 4. The van der Waals surface area contributed by atoms with E-state index in [1.54, 1.807) is 0 Å². The van der Waals surface area contributed by atoms with E-state index in [1.165, 1.54) is 11.8 Å². The zero-order valence-electron chi connectivity index (χ0n) is 13.1. The molecule has 2 aromatic rings. The lowest BCUT2D eigenvalue weighted by molar-refractivity contribution is -0.122. The summed E-state index contributed by atoms with van der Waals surface area (Å²) in [5.41, 5.74) is 2.76. The van der Waals surface area contributed by atoms with E-state index in [-0.39, 0.29) is 28.5 Å². The highest BCUT2D eigenvalue weighted by atomic mass is 35.5. The summed E-state index contributed by atoms with van der Waals surface area (Å²) in [6, 6.07) is 5.83. The predicted molar refractivity (Wildman–Crippen MR) is 91.0 cm³/mol. The summed E-state index contributed by atoms with van der Waals surface area (Å²) in [5, 5.41) is 6.57. The van der Waals surface area contributed by atoms with Crippen LogP contribution in [0.15, 0.2) is 29.2 Å². The minimum Gasteiger partial charge on any atom is -0.348 e. The van der Waals surface area contributed by atoms with Gasteiger partial charge in [-0.3, -0.25) is 9.59 Å². The van der Waals surface area contributed by atoms with Gasteiger partial charge in [0.25, 0.3) is 5.56 Å². The molecule has 0 aliphatic heterocycles. The highest BCUT2D eigenvalue weighted by Crippen LogP contribution is 2.17. The Hall–Kier alpha value is -1.85. The first-order valence-corrected chi connectivity index (χ1v) is 7.83. The van der Waals surface area contributed by atoms with Gasteiger partial charge in [-0.05, 0) is 37.5 Å². The summed E-state index contributed by atoms with van der Waals surface area (Å²) in [4.78, 5) is 24.0. The first kappa shape index (κ1) is 17.5. The van der Waals surface area contributed by atoms with Crippen molar-refractivity contribution in [1.82, 2.24) is 15.1 Å². The number of amides is 1. The maximum Gasteiger partial charge on any atom is 0.287 e. The van der Waals surface area contributed by atoms with Gasteiger partial charge in [0.1, 0.15) is 11.6 Å². The number of carbonyl (C=O) groups is 1. The summed E-state index contributed by atoms with van der Waals surface area (Å²) in [6.07, 6.45) is 1.24. The molecular weight excluding hydrogens is 337 g/mol. The second-order valence-electron chi connectivity index (χ2n) is 5.40. The molecule has 0 aliphatic carbocycles. The van der Waals surface area contributed by atoms with Gasteiger partial charge in [0, 0.05) is 0 Å². The van der Waals surface area contributed by atoms with Crippen LogP contribution in [-0.2, 0) is 11.3 Å². The number of nitrogens with zero attached hydrogens (tertiary/aromatic N) is 2. The third-order valence-corrected chi connectivity index (χ3v) is 4.39. The highest BCUT2D eigenvalue weighted by molar-refractivity contribution is 6.41. The predicted octanol–water partition coefficient (Wildman–Crippen LogP) is 3.04. The summed E-state index contributed by atoms with van der Waals surface area (Å²) >= 11 is 11.5. The molecule has 5 nitrogen and oxygen atoms in total. The Morgan fingerprint density at radius 2 is 2.00 bits per heavy atom. The molecule has 1 atom stereocenters. The van der Waals surface area contributed by atoms with Gasteiger partial charge >= 0.3 is 0 Å². The topological polar surface area (TPSA) is 64.0 Å². The Morgan fingerprint density at radius 3 is 2.65 bits per heavy atom. The monoisotopic (exact) mass is 353 g/mol. The number of halogens is 2. The average Bonchev–Trinajstić information content (AvgIpc) is 2.50. The second-order valence-corrected chi connectivity index (χ2v) is 6.19. The molecule has 122 valence electrons. The molecule has 0 fully saturated rings. The van der Waals surface area contributed by atoms with Crippen molar-refractivity contribution in [2.24, 2.45) is 0 Å². The van der Waals surface area contributed by atoms with Crippen molar-refractivity contribution < 1.29 is 4.79 Å². The second kappa shape index (κ2) is 7.15. The fourth-order valence-corrected chi connectivity index (χ4v) is 2.37. The third kappa shape index (κ3) is 4.12. The number of hydrogen-bond acceptors (Lipinski definition) is 3. The molecule has 7 heteroatoms. The van der Waals surface area contributed by atoms with E-state index in [4.69, 9.17) is 23.2 Å². The lowest BCUT2D eigenvalue weighted by Gasteiger charge is -2.16. The van der Waals surface area contributed by atoms with Gasteiger partial charge in [0.05, 0.1) is 17.3 Å². The number of aryl methyl sites for hydroxylation is 2. The Labute approximate surface area is 144 Å². The fourth-order valence-electron chi connectivity index (χ4n) is 2.10. The Bertz CT molecular complexity index is 802. The molecule has 1 aromatic heterocycles. The zero-order valence-corrected chi connectivity index (χ0v) is 14.6. The molecule has 1 aromatic carbocycles. The van der Waals surface area contributed by atoms with Crippen molar-refractivity contribution >= 4 is 29.1 Å². The highest BCUT2D eigenvalue weighted by Gasteiger charge is 2.14. The van der Waals surface area contributed by atoms with Crippen LogP contribution in [0.5, 0.6) is 0 Å². The third-order valence-electron chi connectivity index (χ3n) is 3.64. The van der Waals surface area contributed by atoms with Crippen LogP contribution in [0.2, 0.25) is 10.0 Å². The molecule has 23 heavy (non-hydrogen) atoms. The summed E-state index contributed by atoms with van der Waals surface area (Å²) in [6.45, 7) is 5.72. The van der Waals surface area contributed by atoms with Crippen LogP contribution in [0.3, 0.4) is 0 Å². The lowest BCUT2D eigenvalue weighted by Crippen LogP contribution is -2.35. The Morgan fingerprint density at radius 1 is 1.30 bits per heavy atom. The number of benzene rings is 1. The molecule has 0 saturated heterocycles. The van der Waals surface area contributed by atoms with Crippen molar-refractivity contribution in [2.45, 2.75) is 33.4 Å². The normalized spacial score (nSPS) is 12.0. The summed E-state index contributed by atoms with van der Waals surface area (Å²) in [7, 11) is 0. The molecule has 0 unspecified atom stereocenters. The van der Waals surface area contributed by atoms with Gasteiger partial charge in [-0.2, -0.15) is 5.10 Å². The van der Waals surface area contributed by atoms with Crippen LogP contribution >= 0.6 is 23.2 Å². The molecule has 1 amide bonds. The number of hydrogen-bond donors (Lipinski definition) is 1. The smallest absolute Gasteiger partial charge is 0.287 e. The molecule has 1 heterocycles. The largest absolute Gasteiger partial charge is 0.348 e. The van der Waals surface area contributed by atoms with E-state index < -0.39 is 5.56 Å². The molecule has 2 rings (SSSR count). The van der Waals surface area contributed by atoms with Crippen LogP contribution in [0.1, 0.15) is 29.7 Å². The van der Waals surface area contributed by atoms with Gasteiger partial charge in [0.15, 0.2) is 0 Å². The van der Waals surface area contributed by atoms with E-state index in [1.807, 2.05) is 39.0 Å². The van der Waals surface area contributed by atoms with Crippen molar-refractivity contribution in [3.8, 4) is 0 Å². The maximum atomic E-state index is 12.1. The molecule has 0 spiro atoms. The number of carbonyl (C=O) groups excluding carboxylic acids is 1. The zero-order chi connectivity index (χ0) is 17.1. The van der Waals surface area contributed by atoms with Crippen LogP contribution in [0, 0.1) is 13.8 Å². The molecule has 0 aliphatic rings. The summed E-state index contributed by atoms with van der Waals surface area (Å²) < 4.78 is 0.983. The van der Waals surface area contributed by atoms with Crippen LogP contribution in [0.4, 0.5) is 0 Å². The van der Waals surface area contributed by atoms with E-state index >= 15 is 0 Å². The van der Waals surface area contributed by atoms with Crippen molar-refractivity contribution in [3.05, 3.63) is 61.5 Å². The number of aromatic nitrogens is 2. The molecule has 0 radical (unpaired) electrons. The van der Waals surface area contributed by atoms with Gasteiger partial charge in [-0.15, -0.1) is 0 Å². The maximum absolute atomic E-state index is 12.1. The average molecular weight is 354 g/mol. The molecular formula is C16H17Cl2N3O2. The minimum absolute atomic E-state index is 0.0665. The molecule has 0 saturated carbocycles.